The molecule has 0 amide bonds. The van der Waals surface area contributed by atoms with Crippen molar-refractivity contribution < 1.29 is 74.3 Å². The van der Waals surface area contributed by atoms with E-state index in [4.69, 9.17) is 27.9 Å². The van der Waals surface area contributed by atoms with E-state index in [1.54, 1.807) is 0 Å². The first-order chi connectivity index (χ1) is 15.7. The first-order valence-electron chi connectivity index (χ1n) is 10.1. The second-order valence-corrected chi connectivity index (χ2v) is 7.17. The summed E-state index contributed by atoms with van der Waals surface area (Å²) < 4.78 is 45.0. The van der Waals surface area contributed by atoms with Gasteiger partial charge >= 0.3 is 99.7 Å². The van der Waals surface area contributed by atoms with E-state index in [2.05, 4.69) is 72.9 Å². The zero-order chi connectivity index (χ0) is 27.2. The second kappa shape index (κ2) is 76.5. The van der Waals surface area contributed by atoms with Crippen LogP contribution in [0.4, 0.5) is 0 Å². The first-order valence-corrected chi connectivity index (χ1v) is 15.1. The second-order valence-electron chi connectivity index (χ2n) is 7.17. The van der Waals surface area contributed by atoms with E-state index in [9.17, 15) is 0 Å². The summed E-state index contributed by atoms with van der Waals surface area (Å²) in [5, 5.41) is 0. The van der Waals surface area contributed by atoms with E-state index in [0.717, 1.165) is 17.8 Å². The van der Waals surface area contributed by atoms with Crippen LogP contribution < -0.4 is 0 Å². The van der Waals surface area contributed by atoms with Crippen LogP contribution in [0.2, 0.25) is 0 Å². The van der Waals surface area contributed by atoms with Gasteiger partial charge in [0.25, 0.3) is 0 Å². The summed E-state index contributed by atoms with van der Waals surface area (Å²) in [5.74, 6) is 3.14. The van der Waals surface area contributed by atoms with E-state index in [-0.39, 0.29) is 34.1 Å². The zero-order valence-electron chi connectivity index (χ0n) is 20.3. The fraction of sp³-hybridized carbons (Fsp3) is 0.750. The molecule has 0 heterocycles. The maximum absolute atomic E-state index is 7.50. The van der Waals surface area contributed by atoms with Gasteiger partial charge in [0.15, 0.2) is 0 Å². The SMILES string of the molecule is CC1CCCC1.CC1CCCC1.CC1CCCC1.[C-]#[O+].[C-]#[O+].[C-]#[O+].[C-]#[O+].[C-]#[O+].[C-]#[O+].[Mn].[Mn].[Mn]=[Sn]. The Hall–Kier alpha value is 0.797. The van der Waals surface area contributed by atoms with Crippen molar-refractivity contribution >= 4 is 19.7 Å². The van der Waals surface area contributed by atoms with Gasteiger partial charge in [0.05, 0.1) is 0 Å². The summed E-state index contributed by atoms with van der Waals surface area (Å²) in [6, 6.07) is 0. The van der Waals surface area contributed by atoms with Crippen LogP contribution in [0.3, 0.4) is 0 Å². The van der Waals surface area contributed by atoms with Crippen molar-refractivity contribution in [3.8, 4) is 0 Å². The van der Waals surface area contributed by atoms with Gasteiger partial charge in [0.1, 0.15) is 0 Å². The van der Waals surface area contributed by atoms with Crippen molar-refractivity contribution in [2.75, 3.05) is 0 Å². The topological polar surface area (TPSA) is 119 Å². The first kappa shape index (κ1) is 59.7. The Morgan fingerprint density at radius 1 is 0.412 bits per heavy atom. The van der Waals surface area contributed by atoms with Gasteiger partial charge in [-0.25, -0.2) is 0 Å². The molecule has 3 aliphatic rings. The third-order valence-electron chi connectivity index (χ3n) is 4.93. The molecule has 3 fully saturated rings. The number of hydrogen-bond acceptors (Lipinski definition) is 0. The monoisotopic (exact) mass is 705 g/mol. The molecule has 0 aliphatic heterocycles. The normalized spacial score (nSPS) is 14.0. The molecular weight excluding hydrogens is 668 g/mol. The van der Waals surface area contributed by atoms with Gasteiger partial charge in [-0.15, -0.1) is 0 Å². The van der Waals surface area contributed by atoms with Gasteiger partial charge in [-0.2, -0.15) is 0 Å². The van der Waals surface area contributed by atoms with Crippen LogP contribution in [-0.2, 0) is 74.3 Å². The van der Waals surface area contributed by atoms with Crippen LogP contribution in [0.25, 0.3) is 0 Å². The molecule has 0 bridgehead atoms. The summed E-state index contributed by atoms with van der Waals surface area (Å²) in [5.41, 5.74) is 0. The Morgan fingerprint density at radius 2 is 0.500 bits per heavy atom. The van der Waals surface area contributed by atoms with Gasteiger partial charge in [-0.1, -0.05) is 97.8 Å². The molecule has 10 heteroatoms. The Labute approximate surface area is 247 Å². The van der Waals surface area contributed by atoms with Crippen molar-refractivity contribution in [2.45, 2.75) is 97.8 Å². The average molecular weight is 704 g/mol. The quantitative estimate of drug-likeness (QED) is 0.168. The third-order valence-corrected chi connectivity index (χ3v) is 4.93. The molecule has 0 N–H and O–H groups in total. The standard InChI is InChI=1S/3C6H12.6CO.3Mn.Sn/c3*1-6-4-2-3-5-6;6*1-2;;;;/h3*6H,2-5H2,1H3;;;;;;;;;;. The predicted octanol–water partition coefficient (Wildman–Crippen LogP) is 5.98. The van der Waals surface area contributed by atoms with Crippen LogP contribution in [0, 0.1) is 57.7 Å². The molecule has 3 rings (SSSR count). The molecule has 0 aromatic heterocycles. The van der Waals surface area contributed by atoms with Crippen LogP contribution in [0.1, 0.15) is 97.8 Å². The van der Waals surface area contributed by atoms with Crippen LogP contribution in [0.15, 0.2) is 0 Å². The molecule has 0 unspecified atom stereocenters. The molecule has 193 valence electrons. The van der Waals surface area contributed by atoms with E-state index in [1.807, 2.05) is 0 Å². The molecular formula is C24H36Mn3O6Sn. The van der Waals surface area contributed by atoms with Crippen molar-refractivity contribution in [1.29, 1.82) is 0 Å². The Kier molecular flexibility index (Phi) is 134. The Balaban J connectivity index is -0.0000000308. The molecule has 0 atom stereocenters. The van der Waals surface area contributed by atoms with Crippen molar-refractivity contribution in [3.05, 3.63) is 39.9 Å². The van der Waals surface area contributed by atoms with E-state index in [0.29, 0.717) is 0 Å². The molecule has 6 nitrogen and oxygen atoms in total. The zero-order valence-corrected chi connectivity index (χ0v) is 26.7. The molecule has 0 saturated heterocycles. The molecule has 3 saturated carbocycles. The summed E-state index contributed by atoms with van der Waals surface area (Å²) in [4.78, 5) is 0. The van der Waals surface area contributed by atoms with Gasteiger partial charge in [0, 0.05) is 34.1 Å². The Bertz CT molecular complexity index is 342. The number of hydrogen-bond donors (Lipinski definition) is 0. The van der Waals surface area contributed by atoms with E-state index >= 15 is 0 Å². The maximum atomic E-state index is 7.50. The minimum absolute atomic E-state index is 0. The fourth-order valence-electron chi connectivity index (χ4n) is 3.39. The number of rotatable bonds is 0. The van der Waals surface area contributed by atoms with Gasteiger partial charge < -0.3 is 0 Å². The third kappa shape index (κ3) is 69.8. The summed E-state index contributed by atoms with van der Waals surface area (Å²) in [6.45, 7) is 34.0. The van der Waals surface area contributed by atoms with E-state index in [1.165, 1.54) is 96.7 Å². The molecule has 34 heavy (non-hydrogen) atoms. The summed E-state index contributed by atoms with van der Waals surface area (Å²) in [6.07, 6.45) is 17.8. The van der Waals surface area contributed by atoms with Crippen LogP contribution in [0.5, 0.6) is 0 Å². The van der Waals surface area contributed by atoms with E-state index < -0.39 is 0 Å². The summed E-state index contributed by atoms with van der Waals surface area (Å²) in [7, 11) is 0. The summed E-state index contributed by atoms with van der Waals surface area (Å²) >= 11 is 4.39. The van der Waals surface area contributed by atoms with Crippen molar-refractivity contribution in [2.24, 2.45) is 17.8 Å². The molecule has 0 aromatic carbocycles. The molecule has 4 radical (unpaired) electrons. The fourth-order valence-corrected chi connectivity index (χ4v) is 3.39. The van der Waals surface area contributed by atoms with Crippen LogP contribution in [-0.4, -0.2) is 19.7 Å². The van der Waals surface area contributed by atoms with Gasteiger partial charge in [0.2, 0.25) is 0 Å². The van der Waals surface area contributed by atoms with Crippen molar-refractivity contribution in [1.82, 2.24) is 0 Å². The molecule has 0 aromatic rings. The van der Waals surface area contributed by atoms with Crippen molar-refractivity contribution in [3.63, 3.8) is 0 Å². The van der Waals surface area contributed by atoms with Gasteiger partial charge in [-0.05, 0) is 17.8 Å². The Morgan fingerprint density at radius 3 is 0.529 bits per heavy atom. The van der Waals surface area contributed by atoms with Gasteiger partial charge in [-0.3, -0.25) is 0 Å². The molecule has 0 spiro atoms. The molecule has 3 aliphatic carbocycles. The van der Waals surface area contributed by atoms with Crippen LogP contribution >= 0.6 is 0 Å². The predicted molar refractivity (Wildman–Crippen MR) is 112 cm³/mol. The minimum atomic E-state index is 0. The average Bonchev–Trinajstić information content (AvgIpc) is 3.69.